The van der Waals surface area contributed by atoms with Gasteiger partial charge in [0.15, 0.2) is 0 Å². The van der Waals surface area contributed by atoms with Crippen LogP contribution < -0.4 is 15.5 Å². The molecule has 0 atom stereocenters. The monoisotopic (exact) mass is 310 g/mol. The van der Waals surface area contributed by atoms with Gasteiger partial charge in [-0.1, -0.05) is 17.7 Å². The average molecular weight is 311 g/mol. The Morgan fingerprint density at radius 3 is 2.52 bits per heavy atom. The van der Waals surface area contributed by atoms with E-state index in [4.69, 9.17) is 11.6 Å². The number of rotatable bonds is 5. The third-order valence-corrected chi connectivity index (χ3v) is 2.97. The molecule has 0 aliphatic carbocycles. The maximum absolute atomic E-state index is 13.1. The Bertz CT molecular complexity index is 634. The van der Waals surface area contributed by atoms with Crippen LogP contribution >= 0.6 is 11.6 Å². The van der Waals surface area contributed by atoms with Crippen molar-refractivity contribution < 1.29 is 4.39 Å². The van der Waals surface area contributed by atoms with Crippen molar-refractivity contribution in [1.82, 2.24) is 15.0 Å². The number of hydrogen-bond donors (Lipinski definition) is 2. The molecule has 1 aromatic carbocycles. The minimum absolute atomic E-state index is 0.0924. The zero-order chi connectivity index (χ0) is 15.4. The van der Waals surface area contributed by atoms with Gasteiger partial charge < -0.3 is 15.5 Å². The van der Waals surface area contributed by atoms with Crippen LogP contribution in [0.15, 0.2) is 18.2 Å². The lowest BCUT2D eigenvalue weighted by atomic mass is 10.2. The van der Waals surface area contributed by atoms with E-state index < -0.39 is 5.82 Å². The van der Waals surface area contributed by atoms with E-state index in [1.807, 2.05) is 14.1 Å². The van der Waals surface area contributed by atoms with Crippen LogP contribution in [0.25, 0.3) is 0 Å². The second-order valence-electron chi connectivity index (χ2n) is 4.53. The number of aromatic nitrogens is 3. The maximum atomic E-state index is 13.1. The summed E-state index contributed by atoms with van der Waals surface area (Å²) in [4.78, 5) is 14.5. The molecule has 2 rings (SSSR count). The van der Waals surface area contributed by atoms with Gasteiger partial charge in [0.1, 0.15) is 5.82 Å². The van der Waals surface area contributed by atoms with Gasteiger partial charge in [0, 0.05) is 27.7 Å². The molecule has 0 aliphatic rings. The summed E-state index contributed by atoms with van der Waals surface area (Å²) in [7, 11) is 5.43. The predicted molar refractivity (Wildman–Crippen MR) is 82.4 cm³/mol. The van der Waals surface area contributed by atoms with Crippen LogP contribution in [0.5, 0.6) is 0 Å². The fourth-order valence-corrected chi connectivity index (χ4v) is 1.79. The Morgan fingerprint density at radius 2 is 1.90 bits per heavy atom. The van der Waals surface area contributed by atoms with E-state index in [1.165, 1.54) is 6.07 Å². The largest absolute Gasteiger partial charge is 0.357 e. The first kappa shape index (κ1) is 15.2. The Kier molecular flexibility index (Phi) is 4.74. The first-order chi connectivity index (χ1) is 9.99. The smallest absolute Gasteiger partial charge is 0.231 e. The van der Waals surface area contributed by atoms with Crippen molar-refractivity contribution in [3.8, 4) is 0 Å². The van der Waals surface area contributed by atoms with E-state index in [-0.39, 0.29) is 5.02 Å². The summed E-state index contributed by atoms with van der Waals surface area (Å²) in [5.41, 5.74) is 0.833. The van der Waals surface area contributed by atoms with E-state index >= 15 is 0 Å². The number of anilines is 3. The van der Waals surface area contributed by atoms with E-state index in [2.05, 4.69) is 25.6 Å². The minimum atomic E-state index is -0.437. The molecule has 2 N–H and O–H groups in total. The molecule has 0 aliphatic heterocycles. The summed E-state index contributed by atoms with van der Waals surface area (Å²) in [6, 6.07) is 4.55. The van der Waals surface area contributed by atoms with Gasteiger partial charge in [0.2, 0.25) is 17.8 Å². The lowest BCUT2D eigenvalue weighted by Crippen LogP contribution is -2.16. The second kappa shape index (κ2) is 6.53. The fraction of sp³-hybridized carbons (Fsp3) is 0.308. The highest BCUT2D eigenvalue weighted by atomic mass is 35.5. The lowest BCUT2D eigenvalue weighted by Gasteiger charge is -2.13. The quantitative estimate of drug-likeness (QED) is 0.884. The number of nitrogens with zero attached hydrogens (tertiary/aromatic N) is 4. The number of hydrogen-bond acceptors (Lipinski definition) is 6. The van der Waals surface area contributed by atoms with Gasteiger partial charge in [-0.25, -0.2) is 4.39 Å². The number of halogens is 2. The molecule has 1 heterocycles. The van der Waals surface area contributed by atoms with Gasteiger partial charge in [0.25, 0.3) is 0 Å². The molecule has 1 aromatic heterocycles. The van der Waals surface area contributed by atoms with Crippen molar-refractivity contribution in [3.63, 3.8) is 0 Å². The summed E-state index contributed by atoms with van der Waals surface area (Å²) in [6.45, 7) is 0.431. The number of nitrogens with one attached hydrogen (secondary N) is 2. The molecule has 0 saturated heterocycles. The normalized spacial score (nSPS) is 10.3. The van der Waals surface area contributed by atoms with Crippen molar-refractivity contribution in [1.29, 1.82) is 0 Å². The molecule has 0 unspecified atom stereocenters. The van der Waals surface area contributed by atoms with Gasteiger partial charge in [-0.15, -0.1) is 0 Å². The molecule has 0 radical (unpaired) electrons. The molecule has 0 saturated carbocycles. The Hall–Kier alpha value is -2.15. The topological polar surface area (TPSA) is 66.0 Å². The van der Waals surface area contributed by atoms with E-state index in [0.29, 0.717) is 24.4 Å². The first-order valence-electron chi connectivity index (χ1n) is 6.28. The second-order valence-corrected chi connectivity index (χ2v) is 4.94. The summed E-state index contributed by atoms with van der Waals surface area (Å²) in [5, 5.41) is 6.04. The zero-order valence-electron chi connectivity index (χ0n) is 12.0. The molecule has 0 amide bonds. The molecule has 8 heteroatoms. The van der Waals surface area contributed by atoms with Crippen LogP contribution in [-0.2, 0) is 6.54 Å². The van der Waals surface area contributed by atoms with Crippen molar-refractivity contribution in [2.45, 2.75) is 6.54 Å². The van der Waals surface area contributed by atoms with E-state index in [1.54, 1.807) is 24.1 Å². The average Bonchev–Trinajstić information content (AvgIpc) is 2.48. The van der Waals surface area contributed by atoms with Gasteiger partial charge in [-0.2, -0.15) is 15.0 Å². The molecular weight excluding hydrogens is 295 g/mol. The van der Waals surface area contributed by atoms with Crippen LogP contribution in [0.2, 0.25) is 5.02 Å². The summed E-state index contributed by atoms with van der Waals surface area (Å²) in [5.74, 6) is 0.994. The predicted octanol–water partition coefficient (Wildman–Crippen LogP) is 2.38. The highest BCUT2D eigenvalue weighted by Gasteiger charge is 2.07. The van der Waals surface area contributed by atoms with Crippen LogP contribution in [-0.4, -0.2) is 36.1 Å². The van der Waals surface area contributed by atoms with Gasteiger partial charge in [-0.05, 0) is 17.7 Å². The Labute approximate surface area is 127 Å². The van der Waals surface area contributed by atoms with Crippen LogP contribution in [0.1, 0.15) is 5.56 Å². The van der Waals surface area contributed by atoms with Crippen molar-refractivity contribution >= 4 is 29.4 Å². The van der Waals surface area contributed by atoms with E-state index in [9.17, 15) is 4.39 Å². The summed E-state index contributed by atoms with van der Waals surface area (Å²) in [6.07, 6.45) is 0. The van der Waals surface area contributed by atoms with Crippen LogP contribution in [0, 0.1) is 5.82 Å². The molecule has 0 spiro atoms. The molecule has 21 heavy (non-hydrogen) atoms. The zero-order valence-corrected chi connectivity index (χ0v) is 12.7. The third kappa shape index (κ3) is 3.91. The summed E-state index contributed by atoms with van der Waals surface area (Å²) >= 11 is 5.75. The molecule has 0 fully saturated rings. The van der Waals surface area contributed by atoms with Gasteiger partial charge in [-0.3, -0.25) is 0 Å². The molecule has 0 bridgehead atoms. The van der Waals surface area contributed by atoms with Gasteiger partial charge in [0.05, 0.1) is 5.02 Å². The third-order valence-electron chi connectivity index (χ3n) is 2.68. The van der Waals surface area contributed by atoms with E-state index in [0.717, 1.165) is 5.56 Å². The Morgan fingerprint density at radius 1 is 1.19 bits per heavy atom. The standard InChI is InChI=1S/C13H16ClFN6/c1-16-11-18-12(20-13(19-11)21(2)3)17-7-8-4-5-10(15)9(14)6-8/h4-6H,7H2,1-3H3,(H2,16,17,18,19,20). The molecule has 2 aromatic rings. The molecule has 6 nitrogen and oxygen atoms in total. The molecule has 112 valence electrons. The Balaban J connectivity index is 2.15. The first-order valence-corrected chi connectivity index (χ1v) is 6.66. The fourth-order valence-electron chi connectivity index (χ4n) is 1.59. The SMILES string of the molecule is CNc1nc(NCc2ccc(F)c(Cl)c2)nc(N(C)C)n1. The van der Waals surface area contributed by atoms with Crippen LogP contribution in [0.4, 0.5) is 22.2 Å². The molecular formula is C13H16ClFN6. The highest BCUT2D eigenvalue weighted by molar-refractivity contribution is 6.30. The van der Waals surface area contributed by atoms with Crippen LogP contribution in [0.3, 0.4) is 0 Å². The van der Waals surface area contributed by atoms with Crippen molar-refractivity contribution in [3.05, 3.63) is 34.6 Å². The van der Waals surface area contributed by atoms with Crippen molar-refractivity contribution in [2.75, 3.05) is 36.7 Å². The highest BCUT2D eigenvalue weighted by Crippen LogP contribution is 2.17. The van der Waals surface area contributed by atoms with Gasteiger partial charge >= 0.3 is 0 Å². The number of benzene rings is 1. The van der Waals surface area contributed by atoms with Crippen molar-refractivity contribution in [2.24, 2.45) is 0 Å². The summed E-state index contributed by atoms with van der Waals surface area (Å²) < 4.78 is 13.1. The lowest BCUT2D eigenvalue weighted by molar-refractivity contribution is 0.627. The maximum Gasteiger partial charge on any atom is 0.231 e. The minimum Gasteiger partial charge on any atom is -0.357 e.